The maximum Gasteiger partial charge on any atom is 0.263 e. The van der Waals surface area contributed by atoms with Crippen molar-refractivity contribution < 1.29 is 13.2 Å². The lowest BCUT2D eigenvalue weighted by Gasteiger charge is -2.04. The normalized spacial score (nSPS) is 11.7. The van der Waals surface area contributed by atoms with Crippen molar-refractivity contribution in [2.75, 3.05) is 23.8 Å². The van der Waals surface area contributed by atoms with Gasteiger partial charge in [0.15, 0.2) is 9.84 Å². The molecular weight excluding hydrogens is 376 g/mol. The summed E-state index contributed by atoms with van der Waals surface area (Å²) < 4.78 is 24.5. The van der Waals surface area contributed by atoms with E-state index in [1.807, 2.05) is 18.2 Å². The number of carbonyl (C=O) groups is 1. The number of benzene rings is 1. The van der Waals surface area contributed by atoms with E-state index < -0.39 is 9.84 Å². The Balaban J connectivity index is 2.17. The summed E-state index contributed by atoms with van der Waals surface area (Å²) in [5.41, 5.74) is 6.44. The Morgan fingerprint density at radius 2 is 2.14 bits per heavy atom. The van der Waals surface area contributed by atoms with Crippen molar-refractivity contribution in [3.05, 3.63) is 27.5 Å². The Hall–Kier alpha value is -1.12. The SMILES string of the molecule is CCS(=O)(=O)CCNC(=O)c1sc2cccc(Br)c2c1N. The highest BCUT2D eigenvalue weighted by molar-refractivity contribution is 9.10. The molecular formula is C13H15BrN2O3S2. The maximum absolute atomic E-state index is 12.1. The minimum absolute atomic E-state index is 0.0657. The summed E-state index contributed by atoms with van der Waals surface area (Å²) in [6.07, 6.45) is 0. The molecule has 0 aliphatic rings. The molecule has 0 bridgehead atoms. The predicted molar refractivity (Wildman–Crippen MR) is 90.6 cm³/mol. The van der Waals surface area contributed by atoms with Gasteiger partial charge in [0.2, 0.25) is 0 Å². The molecule has 5 nitrogen and oxygen atoms in total. The van der Waals surface area contributed by atoms with Crippen LogP contribution in [0.1, 0.15) is 16.6 Å². The Morgan fingerprint density at radius 3 is 2.76 bits per heavy atom. The zero-order valence-electron chi connectivity index (χ0n) is 11.3. The minimum atomic E-state index is -3.09. The third-order valence-corrected chi connectivity index (χ3v) is 6.58. The quantitative estimate of drug-likeness (QED) is 0.819. The Morgan fingerprint density at radius 1 is 1.43 bits per heavy atom. The van der Waals surface area contributed by atoms with E-state index in [1.165, 1.54) is 11.3 Å². The molecule has 0 atom stereocenters. The number of carbonyl (C=O) groups excluding carboxylic acids is 1. The summed E-state index contributed by atoms with van der Waals surface area (Å²) in [5, 5.41) is 3.42. The lowest BCUT2D eigenvalue weighted by atomic mass is 10.2. The highest BCUT2D eigenvalue weighted by Gasteiger charge is 2.18. The molecule has 0 saturated carbocycles. The zero-order chi connectivity index (χ0) is 15.6. The molecule has 0 radical (unpaired) electrons. The molecule has 3 N–H and O–H groups in total. The Labute approximate surface area is 135 Å². The first kappa shape index (κ1) is 16.3. The molecule has 1 aromatic carbocycles. The van der Waals surface area contributed by atoms with E-state index in [0.29, 0.717) is 10.6 Å². The molecule has 0 fully saturated rings. The van der Waals surface area contributed by atoms with Crippen LogP contribution in [0.3, 0.4) is 0 Å². The molecule has 8 heteroatoms. The van der Waals surface area contributed by atoms with Crippen LogP contribution in [-0.2, 0) is 9.84 Å². The van der Waals surface area contributed by atoms with Gasteiger partial charge in [-0.15, -0.1) is 11.3 Å². The fourth-order valence-electron chi connectivity index (χ4n) is 1.84. The number of halogens is 1. The largest absolute Gasteiger partial charge is 0.397 e. The van der Waals surface area contributed by atoms with Gasteiger partial charge < -0.3 is 11.1 Å². The van der Waals surface area contributed by atoms with Crippen molar-refractivity contribution in [2.45, 2.75) is 6.92 Å². The number of rotatable bonds is 5. The van der Waals surface area contributed by atoms with Crippen LogP contribution in [0.15, 0.2) is 22.7 Å². The number of hydrogen-bond donors (Lipinski definition) is 2. The molecule has 21 heavy (non-hydrogen) atoms. The van der Waals surface area contributed by atoms with E-state index in [9.17, 15) is 13.2 Å². The lowest BCUT2D eigenvalue weighted by molar-refractivity contribution is 0.0961. The number of nitrogen functional groups attached to an aromatic ring is 1. The van der Waals surface area contributed by atoms with Gasteiger partial charge in [0.25, 0.3) is 5.91 Å². The molecule has 0 aliphatic heterocycles. The summed E-state index contributed by atoms with van der Waals surface area (Å²) in [6.45, 7) is 1.67. The summed E-state index contributed by atoms with van der Waals surface area (Å²) in [7, 11) is -3.09. The molecule has 0 unspecified atom stereocenters. The van der Waals surface area contributed by atoms with Gasteiger partial charge in [0, 0.05) is 26.9 Å². The van der Waals surface area contributed by atoms with Gasteiger partial charge in [0.05, 0.1) is 11.4 Å². The lowest BCUT2D eigenvalue weighted by Crippen LogP contribution is -2.29. The van der Waals surface area contributed by atoms with Gasteiger partial charge in [-0.3, -0.25) is 4.79 Å². The first-order chi connectivity index (χ1) is 9.85. The van der Waals surface area contributed by atoms with Crippen LogP contribution in [-0.4, -0.2) is 32.4 Å². The first-order valence-electron chi connectivity index (χ1n) is 6.31. The van der Waals surface area contributed by atoms with Crippen molar-refractivity contribution in [1.29, 1.82) is 0 Å². The topological polar surface area (TPSA) is 89.3 Å². The van der Waals surface area contributed by atoms with E-state index in [1.54, 1.807) is 6.92 Å². The number of nitrogens with one attached hydrogen (secondary N) is 1. The van der Waals surface area contributed by atoms with Gasteiger partial charge in [-0.05, 0) is 12.1 Å². The van der Waals surface area contributed by atoms with Crippen LogP contribution in [0.2, 0.25) is 0 Å². The third-order valence-electron chi connectivity index (χ3n) is 3.05. The summed E-state index contributed by atoms with van der Waals surface area (Å²) >= 11 is 4.71. The second-order valence-corrected chi connectivity index (χ2v) is 8.83. The fourth-order valence-corrected chi connectivity index (χ4v) is 4.32. The van der Waals surface area contributed by atoms with Crippen LogP contribution < -0.4 is 11.1 Å². The fraction of sp³-hybridized carbons (Fsp3) is 0.308. The van der Waals surface area contributed by atoms with Crippen LogP contribution in [0.4, 0.5) is 5.69 Å². The zero-order valence-corrected chi connectivity index (χ0v) is 14.6. The number of nitrogens with two attached hydrogens (primary N) is 1. The van der Waals surface area contributed by atoms with Gasteiger partial charge in [-0.25, -0.2) is 8.42 Å². The molecule has 1 aromatic heterocycles. The molecule has 1 amide bonds. The standard InChI is InChI=1S/C13H15BrN2O3S2/c1-2-21(18,19)7-6-16-13(17)12-11(15)10-8(14)4-3-5-9(10)20-12/h3-5H,2,6-7,15H2,1H3,(H,16,17). The van der Waals surface area contributed by atoms with Crippen molar-refractivity contribution in [1.82, 2.24) is 5.32 Å². The van der Waals surface area contributed by atoms with E-state index >= 15 is 0 Å². The highest BCUT2D eigenvalue weighted by atomic mass is 79.9. The second kappa shape index (κ2) is 6.33. The predicted octanol–water partition coefficient (Wildman–Crippen LogP) is 2.41. The molecule has 2 rings (SSSR count). The number of sulfone groups is 1. The van der Waals surface area contributed by atoms with Gasteiger partial charge >= 0.3 is 0 Å². The van der Waals surface area contributed by atoms with Crippen molar-refractivity contribution in [3.8, 4) is 0 Å². The van der Waals surface area contributed by atoms with Crippen LogP contribution in [0, 0.1) is 0 Å². The van der Waals surface area contributed by atoms with Crippen molar-refractivity contribution in [2.24, 2.45) is 0 Å². The smallest absolute Gasteiger partial charge is 0.263 e. The van der Waals surface area contributed by atoms with Crippen LogP contribution in [0.25, 0.3) is 10.1 Å². The van der Waals surface area contributed by atoms with Crippen LogP contribution >= 0.6 is 27.3 Å². The van der Waals surface area contributed by atoms with E-state index in [4.69, 9.17) is 5.73 Å². The van der Waals surface area contributed by atoms with Gasteiger partial charge in [-0.1, -0.05) is 28.9 Å². The van der Waals surface area contributed by atoms with Crippen molar-refractivity contribution >= 4 is 58.8 Å². The average Bonchev–Trinajstić information content (AvgIpc) is 2.77. The minimum Gasteiger partial charge on any atom is -0.397 e. The number of hydrogen-bond acceptors (Lipinski definition) is 5. The summed E-state index contributed by atoms with van der Waals surface area (Å²) in [4.78, 5) is 12.5. The van der Waals surface area contributed by atoms with Crippen LogP contribution in [0.5, 0.6) is 0 Å². The number of fused-ring (bicyclic) bond motifs is 1. The Kier molecular flexibility index (Phi) is 4.90. The highest BCUT2D eigenvalue weighted by Crippen LogP contribution is 2.37. The van der Waals surface area contributed by atoms with E-state index in [-0.39, 0.29) is 24.0 Å². The number of anilines is 1. The van der Waals surface area contributed by atoms with E-state index in [2.05, 4.69) is 21.2 Å². The van der Waals surface area contributed by atoms with E-state index in [0.717, 1.165) is 14.6 Å². The van der Waals surface area contributed by atoms with Gasteiger partial charge in [-0.2, -0.15) is 0 Å². The molecule has 0 spiro atoms. The molecule has 114 valence electrons. The first-order valence-corrected chi connectivity index (χ1v) is 9.74. The maximum atomic E-state index is 12.1. The molecule has 0 aliphatic carbocycles. The molecule has 2 aromatic rings. The third kappa shape index (κ3) is 3.56. The monoisotopic (exact) mass is 390 g/mol. The summed E-state index contributed by atoms with van der Waals surface area (Å²) in [6, 6.07) is 5.62. The van der Waals surface area contributed by atoms with Crippen molar-refractivity contribution in [3.63, 3.8) is 0 Å². The Bertz CT molecular complexity index is 784. The molecule has 0 saturated heterocycles. The van der Waals surface area contributed by atoms with Gasteiger partial charge in [0.1, 0.15) is 4.88 Å². The molecule has 1 heterocycles. The average molecular weight is 391 g/mol. The summed E-state index contributed by atoms with van der Waals surface area (Å²) in [5.74, 6) is -0.336. The second-order valence-electron chi connectivity index (χ2n) is 4.45. The number of amides is 1. The number of thiophene rings is 1.